The number of likely N-dealkylation sites (tertiary alicyclic amines) is 1. The second kappa shape index (κ2) is 6.46. The number of hydrogen-bond acceptors (Lipinski definition) is 5. The fraction of sp³-hybridized carbons (Fsp3) is 0.500. The SMILES string of the molecule is Cc1cccc(CO[C@@H]2CSC3(C2)CN(C(=O)c2cn(C)cn2)C3)n1. The molecule has 2 aromatic heterocycles. The number of carbonyl (C=O) groups excluding carboxylic acids is 1. The van der Waals surface area contributed by atoms with Crippen LogP contribution in [0, 0.1) is 6.92 Å². The Balaban J connectivity index is 1.28. The summed E-state index contributed by atoms with van der Waals surface area (Å²) < 4.78 is 8.02. The van der Waals surface area contributed by atoms with Gasteiger partial charge in [-0.15, -0.1) is 11.8 Å². The van der Waals surface area contributed by atoms with Crippen molar-refractivity contribution in [2.45, 2.75) is 30.8 Å². The fourth-order valence-corrected chi connectivity index (χ4v) is 5.04. The van der Waals surface area contributed by atoms with E-state index in [2.05, 4.69) is 9.97 Å². The molecule has 4 heterocycles. The Kier molecular flexibility index (Phi) is 4.29. The van der Waals surface area contributed by atoms with Crippen LogP contribution in [-0.4, -0.2) is 55.0 Å². The molecule has 0 bridgehead atoms. The van der Waals surface area contributed by atoms with E-state index < -0.39 is 0 Å². The molecule has 2 aromatic rings. The molecule has 0 aromatic carbocycles. The van der Waals surface area contributed by atoms with E-state index in [1.54, 1.807) is 17.1 Å². The molecule has 0 unspecified atom stereocenters. The van der Waals surface area contributed by atoms with Crippen LogP contribution >= 0.6 is 11.8 Å². The molecule has 2 saturated heterocycles. The molecule has 1 amide bonds. The number of carbonyl (C=O) groups is 1. The third-order valence-corrected chi connectivity index (χ3v) is 6.33. The lowest BCUT2D eigenvalue weighted by molar-refractivity contribution is 0.0243. The van der Waals surface area contributed by atoms with Crippen molar-refractivity contribution < 1.29 is 9.53 Å². The Hall–Kier alpha value is -1.86. The Bertz CT molecular complexity index is 785. The predicted octanol–water partition coefficient (Wildman–Crippen LogP) is 2.04. The number of nitrogens with zero attached hydrogens (tertiary/aromatic N) is 4. The smallest absolute Gasteiger partial charge is 0.274 e. The van der Waals surface area contributed by atoms with Gasteiger partial charge in [-0.1, -0.05) is 6.07 Å². The zero-order valence-electron chi connectivity index (χ0n) is 14.5. The van der Waals surface area contributed by atoms with Crippen molar-refractivity contribution in [2.24, 2.45) is 7.05 Å². The van der Waals surface area contributed by atoms with Gasteiger partial charge in [0.1, 0.15) is 5.69 Å². The number of hydrogen-bond donors (Lipinski definition) is 0. The summed E-state index contributed by atoms with van der Waals surface area (Å²) in [7, 11) is 1.87. The molecule has 4 rings (SSSR count). The summed E-state index contributed by atoms with van der Waals surface area (Å²) in [6, 6.07) is 6.01. The normalized spacial score (nSPS) is 21.5. The summed E-state index contributed by atoms with van der Waals surface area (Å²) in [4.78, 5) is 22.9. The van der Waals surface area contributed by atoms with E-state index in [0.717, 1.165) is 36.7 Å². The molecule has 2 aliphatic rings. The fourth-order valence-electron chi connectivity index (χ4n) is 3.49. The van der Waals surface area contributed by atoms with Gasteiger partial charge >= 0.3 is 0 Å². The van der Waals surface area contributed by atoms with Gasteiger partial charge in [-0.25, -0.2) is 4.98 Å². The van der Waals surface area contributed by atoms with Crippen molar-refractivity contribution in [3.05, 3.63) is 47.8 Å². The maximum absolute atomic E-state index is 12.4. The van der Waals surface area contributed by atoms with Gasteiger partial charge in [0.05, 0.1) is 29.5 Å². The Morgan fingerprint density at radius 1 is 1.44 bits per heavy atom. The number of pyridine rings is 1. The summed E-state index contributed by atoms with van der Waals surface area (Å²) in [5, 5.41) is 0. The number of aromatic nitrogens is 3. The largest absolute Gasteiger partial charge is 0.371 e. The predicted molar refractivity (Wildman–Crippen MR) is 96.5 cm³/mol. The van der Waals surface area contributed by atoms with Crippen LogP contribution in [0.2, 0.25) is 0 Å². The lowest BCUT2D eigenvalue weighted by Gasteiger charge is -2.47. The molecule has 1 atom stereocenters. The second-order valence-electron chi connectivity index (χ2n) is 6.99. The van der Waals surface area contributed by atoms with E-state index in [1.165, 1.54) is 0 Å². The number of ether oxygens (including phenoxy) is 1. The van der Waals surface area contributed by atoms with Gasteiger partial charge in [-0.05, 0) is 25.5 Å². The number of thioether (sulfide) groups is 1. The Morgan fingerprint density at radius 3 is 3.00 bits per heavy atom. The van der Waals surface area contributed by atoms with Crippen molar-refractivity contribution >= 4 is 17.7 Å². The van der Waals surface area contributed by atoms with E-state index >= 15 is 0 Å². The first-order chi connectivity index (χ1) is 12.0. The van der Waals surface area contributed by atoms with Crippen molar-refractivity contribution in [3.63, 3.8) is 0 Å². The van der Waals surface area contributed by atoms with E-state index in [-0.39, 0.29) is 16.8 Å². The number of amides is 1. The lowest BCUT2D eigenvalue weighted by Crippen LogP contribution is -2.60. The summed E-state index contributed by atoms with van der Waals surface area (Å²) >= 11 is 1.93. The Morgan fingerprint density at radius 2 is 2.28 bits per heavy atom. The lowest BCUT2D eigenvalue weighted by atomic mass is 9.92. The van der Waals surface area contributed by atoms with Gasteiger partial charge in [-0.3, -0.25) is 9.78 Å². The minimum absolute atomic E-state index is 0.0279. The number of rotatable bonds is 4. The van der Waals surface area contributed by atoms with Crippen LogP contribution in [0.4, 0.5) is 0 Å². The minimum Gasteiger partial charge on any atom is -0.371 e. The third-order valence-electron chi connectivity index (χ3n) is 4.76. The molecule has 0 N–H and O–H groups in total. The zero-order chi connectivity index (χ0) is 17.4. The molecule has 2 fully saturated rings. The van der Waals surface area contributed by atoms with Gasteiger partial charge < -0.3 is 14.2 Å². The van der Waals surface area contributed by atoms with Crippen LogP contribution in [0.1, 0.15) is 28.3 Å². The highest BCUT2D eigenvalue weighted by atomic mass is 32.2. The first-order valence-corrected chi connectivity index (χ1v) is 9.47. The monoisotopic (exact) mass is 358 g/mol. The highest BCUT2D eigenvalue weighted by molar-refractivity contribution is 8.01. The van der Waals surface area contributed by atoms with Gasteiger partial charge in [0.15, 0.2) is 0 Å². The molecule has 2 aliphatic heterocycles. The van der Waals surface area contributed by atoms with Crippen LogP contribution in [0.5, 0.6) is 0 Å². The van der Waals surface area contributed by atoms with Crippen molar-refractivity contribution in [2.75, 3.05) is 18.8 Å². The summed E-state index contributed by atoms with van der Waals surface area (Å²) in [6.07, 6.45) is 4.67. The molecule has 0 radical (unpaired) electrons. The maximum atomic E-state index is 12.4. The maximum Gasteiger partial charge on any atom is 0.274 e. The van der Waals surface area contributed by atoms with Gasteiger partial charge in [-0.2, -0.15) is 0 Å². The molecule has 1 spiro atoms. The van der Waals surface area contributed by atoms with Crippen molar-refractivity contribution in [1.82, 2.24) is 19.4 Å². The van der Waals surface area contributed by atoms with Crippen LogP contribution in [0.25, 0.3) is 0 Å². The summed E-state index contributed by atoms with van der Waals surface area (Å²) in [5.74, 6) is 1.01. The molecular weight excluding hydrogens is 336 g/mol. The summed E-state index contributed by atoms with van der Waals surface area (Å²) in [6.45, 7) is 4.12. The third kappa shape index (κ3) is 3.43. The Labute approximate surface area is 151 Å². The molecule has 132 valence electrons. The first kappa shape index (κ1) is 16.6. The first-order valence-electron chi connectivity index (χ1n) is 8.48. The van der Waals surface area contributed by atoms with Crippen LogP contribution in [-0.2, 0) is 18.4 Å². The molecule has 7 heteroatoms. The van der Waals surface area contributed by atoms with Crippen LogP contribution in [0.3, 0.4) is 0 Å². The average Bonchev–Trinajstić information content (AvgIpc) is 3.18. The average molecular weight is 358 g/mol. The highest BCUT2D eigenvalue weighted by Crippen LogP contribution is 2.46. The van der Waals surface area contributed by atoms with Crippen molar-refractivity contribution in [1.29, 1.82) is 0 Å². The summed E-state index contributed by atoms with van der Waals surface area (Å²) in [5.41, 5.74) is 2.52. The molecular formula is C18H22N4O2S. The van der Waals surface area contributed by atoms with Gasteiger partial charge in [0, 0.05) is 37.8 Å². The van der Waals surface area contributed by atoms with E-state index in [0.29, 0.717) is 12.3 Å². The molecule has 0 saturated carbocycles. The number of imidazole rings is 1. The highest BCUT2D eigenvalue weighted by Gasteiger charge is 2.51. The van der Waals surface area contributed by atoms with Gasteiger partial charge in [0.25, 0.3) is 5.91 Å². The molecule has 25 heavy (non-hydrogen) atoms. The standard InChI is InChI=1S/C18H22N4O2S/c1-13-4-3-5-14(20-13)8-24-15-6-18(25-9-15)10-22(11-18)17(23)16-7-21(2)12-19-16/h3-5,7,12,15H,6,8-11H2,1-2H3/t15-/m0/s1. The van der Waals surface area contributed by atoms with Crippen molar-refractivity contribution in [3.8, 4) is 0 Å². The van der Waals surface area contributed by atoms with E-state index in [9.17, 15) is 4.79 Å². The van der Waals surface area contributed by atoms with E-state index in [1.807, 2.05) is 48.8 Å². The molecule has 6 nitrogen and oxygen atoms in total. The van der Waals surface area contributed by atoms with E-state index in [4.69, 9.17) is 4.74 Å². The van der Waals surface area contributed by atoms with Crippen LogP contribution < -0.4 is 0 Å². The topological polar surface area (TPSA) is 60.2 Å². The second-order valence-corrected chi connectivity index (χ2v) is 8.48. The quantitative estimate of drug-likeness (QED) is 0.837. The molecule has 0 aliphatic carbocycles. The minimum atomic E-state index is 0.0279. The van der Waals surface area contributed by atoms with Gasteiger partial charge in [0.2, 0.25) is 0 Å². The zero-order valence-corrected chi connectivity index (χ0v) is 15.3. The number of aryl methyl sites for hydroxylation is 2. The van der Waals surface area contributed by atoms with Crippen LogP contribution in [0.15, 0.2) is 30.7 Å².